The number of fused-ring (bicyclic) bond motifs is 2. The predicted molar refractivity (Wildman–Crippen MR) is 134 cm³/mol. The molecule has 0 unspecified atom stereocenters. The molecule has 6 nitrogen and oxygen atoms in total. The van der Waals surface area contributed by atoms with Crippen molar-refractivity contribution in [2.75, 3.05) is 20.8 Å². The largest absolute Gasteiger partial charge is 0.493 e. The van der Waals surface area contributed by atoms with Crippen molar-refractivity contribution in [2.24, 2.45) is 0 Å². The van der Waals surface area contributed by atoms with Crippen molar-refractivity contribution in [1.29, 1.82) is 0 Å². The molecule has 0 spiro atoms. The molecule has 5 rings (SSSR count). The van der Waals surface area contributed by atoms with Crippen LogP contribution in [-0.2, 0) is 6.42 Å². The minimum absolute atomic E-state index is 0.0427. The SMILES string of the molecule is COc1ccc(CCN2C(=O)c3oc4c(C)cc(C)cc4c(=O)c3[C@@H]2c2ccc(F)cc2)cc1OC. The van der Waals surface area contributed by atoms with Gasteiger partial charge in [-0.15, -0.1) is 0 Å². The van der Waals surface area contributed by atoms with Crippen LogP contribution in [0.2, 0.25) is 0 Å². The lowest BCUT2D eigenvalue weighted by Crippen LogP contribution is -2.31. The van der Waals surface area contributed by atoms with Gasteiger partial charge in [0.1, 0.15) is 11.4 Å². The van der Waals surface area contributed by atoms with E-state index in [0.29, 0.717) is 41.0 Å². The third kappa shape index (κ3) is 3.90. The molecule has 36 heavy (non-hydrogen) atoms. The van der Waals surface area contributed by atoms with E-state index in [-0.39, 0.29) is 22.7 Å². The normalized spacial score (nSPS) is 14.9. The van der Waals surface area contributed by atoms with E-state index in [1.807, 2.05) is 38.1 Å². The summed E-state index contributed by atoms with van der Waals surface area (Å²) in [5, 5.41) is 0.438. The molecular weight excluding hydrogens is 461 g/mol. The van der Waals surface area contributed by atoms with Crippen LogP contribution >= 0.6 is 0 Å². The van der Waals surface area contributed by atoms with Gasteiger partial charge < -0.3 is 18.8 Å². The summed E-state index contributed by atoms with van der Waals surface area (Å²) < 4.78 is 30.6. The molecule has 4 aromatic rings. The minimum Gasteiger partial charge on any atom is -0.493 e. The summed E-state index contributed by atoms with van der Waals surface area (Å²) in [6.45, 7) is 4.09. The number of halogens is 1. The maximum absolute atomic E-state index is 13.8. The summed E-state index contributed by atoms with van der Waals surface area (Å²) in [6.07, 6.45) is 0.504. The Morgan fingerprint density at radius 2 is 1.67 bits per heavy atom. The molecule has 0 fully saturated rings. The van der Waals surface area contributed by atoms with Crippen LogP contribution in [0, 0.1) is 19.7 Å². The number of benzene rings is 3. The lowest BCUT2D eigenvalue weighted by molar-refractivity contribution is 0.0730. The molecule has 0 saturated heterocycles. The average molecular weight is 488 g/mol. The van der Waals surface area contributed by atoms with E-state index >= 15 is 0 Å². The number of amides is 1. The number of ether oxygens (including phenoxy) is 2. The van der Waals surface area contributed by atoms with Crippen molar-refractivity contribution in [1.82, 2.24) is 4.90 Å². The third-order valence-corrected chi connectivity index (χ3v) is 6.67. The zero-order valence-electron chi connectivity index (χ0n) is 20.6. The number of rotatable bonds is 6. The van der Waals surface area contributed by atoms with Crippen molar-refractivity contribution < 1.29 is 23.1 Å². The van der Waals surface area contributed by atoms with Crippen LogP contribution in [0.4, 0.5) is 4.39 Å². The highest BCUT2D eigenvalue weighted by Gasteiger charge is 2.42. The molecule has 3 aromatic carbocycles. The maximum atomic E-state index is 13.8. The summed E-state index contributed by atoms with van der Waals surface area (Å²) in [6, 6.07) is 14.5. The number of nitrogens with zero attached hydrogens (tertiary/aromatic N) is 1. The van der Waals surface area contributed by atoms with Gasteiger partial charge in [-0.1, -0.05) is 24.3 Å². The molecular formula is C29H26FNO5. The first-order chi connectivity index (χ1) is 17.3. The number of hydrogen-bond acceptors (Lipinski definition) is 5. The van der Waals surface area contributed by atoms with Gasteiger partial charge in [-0.2, -0.15) is 0 Å². The summed E-state index contributed by atoms with van der Waals surface area (Å²) in [4.78, 5) is 29.0. The molecule has 7 heteroatoms. The Bertz CT molecular complexity index is 1540. The van der Waals surface area contributed by atoms with Gasteiger partial charge >= 0.3 is 0 Å². The van der Waals surface area contributed by atoms with Crippen molar-refractivity contribution >= 4 is 16.9 Å². The molecule has 0 N–H and O–H groups in total. The molecule has 1 aliphatic rings. The van der Waals surface area contributed by atoms with Crippen LogP contribution in [0.5, 0.6) is 11.5 Å². The van der Waals surface area contributed by atoms with Gasteiger partial charge in [0.25, 0.3) is 5.91 Å². The monoisotopic (exact) mass is 487 g/mol. The molecule has 1 aliphatic heterocycles. The minimum atomic E-state index is -0.685. The first-order valence-electron chi connectivity index (χ1n) is 11.7. The van der Waals surface area contributed by atoms with E-state index in [4.69, 9.17) is 13.9 Å². The van der Waals surface area contributed by atoms with Gasteiger partial charge in [0.15, 0.2) is 16.9 Å². The summed E-state index contributed by atoms with van der Waals surface area (Å²) in [5.74, 6) is 0.495. The van der Waals surface area contributed by atoms with E-state index in [2.05, 4.69) is 0 Å². The van der Waals surface area contributed by atoms with E-state index in [1.165, 1.54) is 12.1 Å². The van der Waals surface area contributed by atoms with Crippen LogP contribution in [0.3, 0.4) is 0 Å². The van der Waals surface area contributed by atoms with Gasteiger partial charge in [-0.3, -0.25) is 9.59 Å². The van der Waals surface area contributed by atoms with Gasteiger partial charge in [0.2, 0.25) is 5.76 Å². The lowest BCUT2D eigenvalue weighted by atomic mass is 9.97. The summed E-state index contributed by atoms with van der Waals surface area (Å²) in [7, 11) is 3.14. The Morgan fingerprint density at radius 3 is 2.36 bits per heavy atom. The molecule has 1 amide bonds. The molecule has 0 bridgehead atoms. The fourth-order valence-corrected chi connectivity index (χ4v) is 4.98. The first kappa shape index (κ1) is 23.6. The van der Waals surface area contributed by atoms with Gasteiger partial charge in [0.05, 0.1) is 31.2 Å². The fourth-order valence-electron chi connectivity index (χ4n) is 4.98. The molecule has 0 aliphatic carbocycles. The van der Waals surface area contributed by atoms with E-state index in [1.54, 1.807) is 37.3 Å². The van der Waals surface area contributed by atoms with Crippen LogP contribution in [0.15, 0.2) is 63.8 Å². The van der Waals surface area contributed by atoms with Crippen molar-refractivity contribution in [2.45, 2.75) is 26.3 Å². The van der Waals surface area contributed by atoms with Crippen LogP contribution in [0.1, 0.15) is 44.4 Å². The van der Waals surface area contributed by atoms with Crippen LogP contribution in [0.25, 0.3) is 11.0 Å². The quantitative estimate of drug-likeness (QED) is 0.367. The number of aryl methyl sites for hydroxylation is 2. The van der Waals surface area contributed by atoms with Gasteiger partial charge in [-0.05, 0) is 72.9 Å². The van der Waals surface area contributed by atoms with Crippen molar-refractivity contribution in [3.8, 4) is 11.5 Å². The molecule has 1 atom stereocenters. The van der Waals surface area contributed by atoms with Crippen LogP contribution < -0.4 is 14.9 Å². The summed E-state index contributed by atoms with van der Waals surface area (Å²) >= 11 is 0. The molecule has 184 valence electrons. The second-order valence-corrected chi connectivity index (χ2v) is 9.02. The maximum Gasteiger partial charge on any atom is 0.290 e. The van der Waals surface area contributed by atoms with Crippen LogP contribution in [-0.4, -0.2) is 31.6 Å². The first-order valence-corrected chi connectivity index (χ1v) is 11.7. The van der Waals surface area contributed by atoms with Crippen molar-refractivity contribution in [3.63, 3.8) is 0 Å². The van der Waals surface area contributed by atoms with E-state index in [0.717, 1.165) is 16.7 Å². The van der Waals surface area contributed by atoms with E-state index in [9.17, 15) is 14.0 Å². The van der Waals surface area contributed by atoms with Gasteiger partial charge in [0, 0.05) is 6.54 Å². The Kier molecular flexibility index (Phi) is 6.00. The lowest BCUT2D eigenvalue weighted by Gasteiger charge is -2.25. The Morgan fingerprint density at radius 1 is 0.944 bits per heavy atom. The Hall–Kier alpha value is -4.13. The third-order valence-electron chi connectivity index (χ3n) is 6.67. The average Bonchev–Trinajstić information content (AvgIpc) is 3.15. The second-order valence-electron chi connectivity index (χ2n) is 9.02. The topological polar surface area (TPSA) is 69.0 Å². The predicted octanol–water partition coefficient (Wildman–Crippen LogP) is 5.35. The molecule has 2 heterocycles. The van der Waals surface area contributed by atoms with E-state index < -0.39 is 11.9 Å². The number of carbonyl (C=O) groups is 1. The fraction of sp³-hybridized carbons (Fsp3) is 0.241. The number of hydrogen-bond donors (Lipinski definition) is 0. The summed E-state index contributed by atoms with van der Waals surface area (Å²) in [5.41, 5.74) is 3.76. The zero-order chi connectivity index (χ0) is 25.6. The zero-order valence-corrected chi connectivity index (χ0v) is 20.6. The highest BCUT2D eigenvalue weighted by atomic mass is 19.1. The van der Waals surface area contributed by atoms with Gasteiger partial charge in [-0.25, -0.2) is 4.39 Å². The number of carbonyl (C=O) groups excluding carboxylic acids is 1. The number of methoxy groups -OCH3 is 2. The highest BCUT2D eigenvalue weighted by molar-refractivity contribution is 5.99. The molecule has 0 radical (unpaired) electrons. The second kappa shape index (κ2) is 9.15. The standard InChI is InChI=1S/C29H26FNO5/c1-16-13-17(2)27-21(14-16)26(32)24-25(19-6-8-20(30)9-7-19)31(29(33)28(24)36-27)12-11-18-5-10-22(34-3)23(15-18)35-4/h5-10,13-15,25H,11-12H2,1-4H3/t25-/m0/s1. The highest BCUT2D eigenvalue weighted by Crippen LogP contribution is 2.39. The Balaban J connectivity index is 1.61. The molecule has 1 aromatic heterocycles. The van der Waals surface area contributed by atoms with Crippen molar-refractivity contribution in [3.05, 3.63) is 104 Å². The smallest absolute Gasteiger partial charge is 0.290 e. The molecule has 0 saturated carbocycles. The Labute approximate surface area is 207 Å².